The van der Waals surface area contributed by atoms with Gasteiger partial charge in [0.25, 0.3) is 0 Å². The second-order valence-corrected chi connectivity index (χ2v) is 4.25. The Kier molecular flexibility index (Phi) is 4.66. The lowest BCUT2D eigenvalue weighted by Gasteiger charge is -2.09. The first kappa shape index (κ1) is 14.7. The van der Waals surface area contributed by atoms with Crippen LogP contribution < -0.4 is 4.74 Å². The number of hydrogen-bond acceptors (Lipinski definition) is 4. The normalized spacial score (nSPS) is 10.0. The van der Waals surface area contributed by atoms with E-state index in [1.807, 2.05) is 0 Å². The van der Waals surface area contributed by atoms with Crippen molar-refractivity contribution in [3.8, 4) is 5.75 Å². The van der Waals surface area contributed by atoms with Gasteiger partial charge in [-0.15, -0.1) is 0 Å². The van der Waals surface area contributed by atoms with Crippen molar-refractivity contribution in [3.05, 3.63) is 65.0 Å². The van der Waals surface area contributed by atoms with Crippen LogP contribution in [0.1, 0.15) is 26.3 Å². The van der Waals surface area contributed by atoms with Gasteiger partial charge in [0.05, 0.1) is 18.2 Å². The number of halogens is 1. The summed E-state index contributed by atoms with van der Waals surface area (Å²) in [4.78, 5) is 22.1. The number of aldehydes is 1. The number of carbonyl (C=O) groups is 2. The molecule has 2 rings (SSSR count). The SMILES string of the molecule is COC(=O)c1ccc(COc2cccc(F)c2C=O)cc1. The molecule has 0 radical (unpaired) electrons. The van der Waals surface area contributed by atoms with Crippen LogP contribution in [0.3, 0.4) is 0 Å². The molecular weight excluding hydrogens is 275 g/mol. The third kappa shape index (κ3) is 3.45. The molecule has 5 heteroatoms. The van der Waals surface area contributed by atoms with Crippen molar-refractivity contribution in [2.75, 3.05) is 7.11 Å². The van der Waals surface area contributed by atoms with Crippen LogP contribution in [0.25, 0.3) is 0 Å². The predicted octanol–water partition coefficient (Wildman–Crippen LogP) is 3.00. The first-order chi connectivity index (χ1) is 10.2. The van der Waals surface area contributed by atoms with E-state index in [1.54, 1.807) is 24.3 Å². The maximum Gasteiger partial charge on any atom is 0.337 e. The molecule has 21 heavy (non-hydrogen) atoms. The van der Waals surface area contributed by atoms with Crippen LogP contribution in [0.15, 0.2) is 42.5 Å². The molecule has 0 saturated carbocycles. The van der Waals surface area contributed by atoms with Crippen molar-refractivity contribution < 1.29 is 23.5 Å². The van der Waals surface area contributed by atoms with Gasteiger partial charge in [-0.25, -0.2) is 9.18 Å². The average Bonchev–Trinajstić information content (AvgIpc) is 2.52. The lowest BCUT2D eigenvalue weighted by atomic mass is 10.1. The minimum atomic E-state index is -0.622. The van der Waals surface area contributed by atoms with Crippen molar-refractivity contribution in [3.63, 3.8) is 0 Å². The fourth-order valence-corrected chi connectivity index (χ4v) is 1.77. The molecule has 4 nitrogen and oxygen atoms in total. The molecule has 0 saturated heterocycles. The summed E-state index contributed by atoms with van der Waals surface area (Å²) < 4.78 is 23.4. The fourth-order valence-electron chi connectivity index (χ4n) is 1.77. The van der Waals surface area contributed by atoms with Crippen molar-refractivity contribution in [2.24, 2.45) is 0 Å². The summed E-state index contributed by atoms with van der Waals surface area (Å²) in [5, 5.41) is 0. The highest BCUT2D eigenvalue weighted by Gasteiger charge is 2.09. The summed E-state index contributed by atoms with van der Waals surface area (Å²) >= 11 is 0. The molecule has 2 aromatic carbocycles. The summed E-state index contributed by atoms with van der Waals surface area (Å²) in [6.45, 7) is 0.158. The summed E-state index contributed by atoms with van der Waals surface area (Å²) in [5.41, 5.74) is 1.10. The van der Waals surface area contributed by atoms with Gasteiger partial charge in [0, 0.05) is 0 Å². The molecule has 0 bridgehead atoms. The summed E-state index contributed by atoms with van der Waals surface area (Å²) in [6.07, 6.45) is 0.422. The number of esters is 1. The zero-order valence-corrected chi connectivity index (χ0v) is 11.3. The van der Waals surface area contributed by atoms with E-state index in [2.05, 4.69) is 4.74 Å². The van der Waals surface area contributed by atoms with Gasteiger partial charge in [0.2, 0.25) is 0 Å². The molecule has 0 atom stereocenters. The molecule has 0 heterocycles. The Labute approximate surface area is 121 Å². The van der Waals surface area contributed by atoms with E-state index in [-0.39, 0.29) is 17.9 Å². The van der Waals surface area contributed by atoms with Gasteiger partial charge in [-0.1, -0.05) is 18.2 Å². The molecule has 0 aliphatic heterocycles. The van der Waals surface area contributed by atoms with Gasteiger partial charge in [0.1, 0.15) is 18.2 Å². The molecule has 108 valence electrons. The minimum Gasteiger partial charge on any atom is -0.488 e. The molecule has 0 spiro atoms. The Hall–Kier alpha value is -2.69. The monoisotopic (exact) mass is 288 g/mol. The number of ether oxygens (including phenoxy) is 2. The third-order valence-electron chi connectivity index (χ3n) is 2.90. The molecule has 0 amide bonds. The number of hydrogen-bond donors (Lipinski definition) is 0. The lowest BCUT2D eigenvalue weighted by Crippen LogP contribution is -2.03. The number of carbonyl (C=O) groups excluding carboxylic acids is 2. The molecule has 0 N–H and O–H groups in total. The maximum atomic E-state index is 13.4. The fraction of sp³-hybridized carbons (Fsp3) is 0.125. The molecular formula is C16H13FO4. The van der Waals surface area contributed by atoms with Gasteiger partial charge in [-0.3, -0.25) is 4.79 Å². The smallest absolute Gasteiger partial charge is 0.337 e. The first-order valence-electron chi connectivity index (χ1n) is 6.19. The number of rotatable bonds is 5. The second kappa shape index (κ2) is 6.65. The molecule has 0 fully saturated rings. The standard InChI is InChI=1S/C16H13FO4/c1-20-16(19)12-7-5-11(6-8-12)10-21-15-4-2-3-14(17)13(15)9-18/h2-9H,10H2,1H3. The van der Waals surface area contributed by atoms with Gasteiger partial charge >= 0.3 is 5.97 Å². The highest BCUT2D eigenvalue weighted by Crippen LogP contribution is 2.20. The summed E-state index contributed by atoms with van der Waals surface area (Å²) in [6, 6.07) is 10.8. The Morgan fingerprint density at radius 2 is 1.90 bits per heavy atom. The molecule has 0 aliphatic rings. The first-order valence-corrected chi connectivity index (χ1v) is 6.19. The highest BCUT2D eigenvalue weighted by molar-refractivity contribution is 5.89. The van der Waals surface area contributed by atoms with Crippen LogP contribution in [-0.4, -0.2) is 19.4 Å². The van der Waals surface area contributed by atoms with Crippen molar-refractivity contribution in [1.29, 1.82) is 0 Å². The van der Waals surface area contributed by atoms with Crippen LogP contribution in [0.2, 0.25) is 0 Å². The van der Waals surface area contributed by atoms with Crippen molar-refractivity contribution in [1.82, 2.24) is 0 Å². The largest absolute Gasteiger partial charge is 0.488 e. The molecule has 0 aliphatic carbocycles. The third-order valence-corrected chi connectivity index (χ3v) is 2.90. The number of methoxy groups -OCH3 is 1. The summed E-state index contributed by atoms with van der Waals surface area (Å²) in [5.74, 6) is -0.860. The second-order valence-electron chi connectivity index (χ2n) is 4.25. The quantitative estimate of drug-likeness (QED) is 0.627. The van der Waals surface area contributed by atoms with E-state index in [4.69, 9.17) is 4.74 Å². The van der Waals surface area contributed by atoms with Gasteiger partial charge in [-0.05, 0) is 29.8 Å². The van der Waals surface area contributed by atoms with E-state index in [0.717, 1.165) is 5.56 Å². The van der Waals surface area contributed by atoms with Crippen LogP contribution in [0.4, 0.5) is 4.39 Å². The highest BCUT2D eigenvalue weighted by atomic mass is 19.1. The molecule has 0 unspecified atom stereocenters. The van der Waals surface area contributed by atoms with Crippen LogP contribution in [0, 0.1) is 5.82 Å². The van der Waals surface area contributed by atoms with Gasteiger partial charge < -0.3 is 9.47 Å². The Bertz CT molecular complexity index is 650. The van der Waals surface area contributed by atoms with E-state index >= 15 is 0 Å². The van der Waals surface area contributed by atoms with E-state index < -0.39 is 11.8 Å². The van der Waals surface area contributed by atoms with E-state index in [9.17, 15) is 14.0 Å². The van der Waals surface area contributed by atoms with Crippen LogP contribution in [0.5, 0.6) is 5.75 Å². The Morgan fingerprint density at radius 1 is 1.19 bits per heavy atom. The Morgan fingerprint density at radius 3 is 2.52 bits per heavy atom. The minimum absolute atomic E-state index is 0.108. The van der Waals surface area contributed by atoms with Gasteiger partial charge in [-0.2, -0.15) is 0 Å². The van der Waals surface area contributed by atoms with Crippen molar-refractivity contribution in [2.45, 2.75) is 6.61 Å². The predicted molar refractivity (Wildman–Crippen MR) is 73.9 cm³/mol. The number of benzene rings is 2. The zero-order chi connectivity index (χ0) is 15.2. The maximum absolute atomic E-state index is 13.4. The molecule has 2 aromatic rings. The topological polar surface area (TPSA) is 52.6 Å². The van der Waals surface area contributed by atoms with E-state index in [1.165, 1.54) is 25.3 Å². The summed E-state index contributed by atoms with van der Waals surface area (Å²) in [7, 11) is 1.31. The molecule has 0 aromatic heterocycles. The van der Waals surface area contributed by atoms with E-state index in [0.29, 0.717) is 11.8 Å². The van der Waals surface area contributed by atoms with Crippen LogP contribution in [-0.2, 0) is 11.3 Å². The zero-order valence-electron chi connectivity index (χ0n) is 11.3. The average molecular weight is 288 g/mol. The van der Waals surface area contributed by atoms with Gasteiger partial charge in [0.15, 0.2) is 6.29 Å². The Balaban J connectivity index is 2.08. The van der Waals surface area contributed by atoms with Crippen LogP contribution >= 0.6 is 0 Å². The lowest BCUT2D eigenvalue weighted by molar-refractivity contribution is 0.0600. The van der Waals surface area contributed by atoms with Crippen molar-refractivity contribution >= 4 is 12.3 Å².